The first-order valence-corrected chi connectivity index (χ1v) is 17.5. The largest absolute Gasteiger partial charge is 0.387 e. The Bertz CT molecular complexity index is 2590. The van der Waals surface area contributed by atoms with Crippen LogP contribution in [-0.2, 0) is 6.42 Å². The molecule has 0 saturated heterocycles. The number of fused-ring (bicyclic) bond motifs is 6. The molecular weight excluding hydrogens is 708 g/mol. The number of aryl methyl sites for hydroxylation is 1. The number of halogens is 1. The molecule has 48 heavy (non-hydrogen) atoms. The topological polar surface area (TPSA) is 111 Å². The molecule has 2 aromatic carbocycles. The molecule has 0 radical (unpaired) electrons. The lowest BCUT2D eigenvalue weighted by Crippen LogP contribution is -2.17. The Morgan fingerprint density at radius 2 is 1.38 bits per heavy atom. The summed E-state index contributed by atoms with van der Waals surface area (Å²) in [7, 11) is 5.80. The molecule has 0 unspecified atom stereocenters. The van der Waals surface area contributed by atoms with Crippen LogP contribution in [0.5, 0.6) is 0 Å². The molecule has 0 aliphatic heterocycles. The molecular formula is C35H29BrN8O2S2. The van der Waals surface area contributed by atoms with E-state index in [-0.39, 0.29) is 11.1 Å². The third kappa shape index (κ3) is 5.53. The van der Waals surface area contributed by atoms with E-state index in [1.807, 2.05) is 86.7 Å². The van der Waals surface area contributed by atoms with Crippen molar-refractivity contribution in [1.29, 1.82) is 0 Å². The fourth-order valence-corrected chi connectivity index (χ4v) is 8.04. The van der Waals surface area contributed by atoms with Gasteiger partial charge in [-0.2, -0.15) is 0 Å². The van der Waals surface area contributed by atoms with Crippen molar-refractivity contribution in [1.82, 2.24) is 29.1 Å². The van der Waals surface area contributed by atoms with Gasteiger partial charge in [-0.3, -0.25) is 18.7 Å². The van der Waals surface area contributed by atoms with E-state index in [4.69, 9.17) is 0 Å². The summed E-state index contributed by atoms with van der Waals surface area (Å²) >= 11 is 6.21. The van der Waals surface area contributed by atoms with Gasteiger partial charge in [-0.25, -0.2) is 19.9 Å². The van der Waals surface area contributed by atoms with Crippen molar-refractivity contribution in [3.8, 4) is 11.4 Å². The Morgan fingerprint density at radius 1 is 0.771 bits per heavy atom. The standard InChI is InChI=1S/C18H16N4OS.C17H13BrN4OS/c1-3-11-4-6-12(7-5-11)22-10-21-15-14-13(19-2)8-9-20-17(14)24-16(15)18(22)23;1-21(2)12-6-7-19-16-13(12)14-15(24-16)17(23)22(9-20-14)11-5-3-4-10(18)8-11/h4-10H,3H2,1-2H3,(H,19,20);3-9H,1-2H3. The molecule has 8 rings (SSSR count). The van der Waals surface area contributed by atoms with Crippen LogP contribution < -0.4 is 21.3 Å². The first-order chi connectivity index (χ1) is 23.3. The van der Waals surface area contributed by atoms with Gasteiger partial charge in [0, 0.05) is 43.7 Å². The van der Waals surface area contributed by atoms with E-state index in [1.165, 1.54) is 28.2 Å². The number of aromatic nitrogens is 6. The van der Waals surface area contributed by atoms with Gasteiger partial charge in [0.25, 0.3) is 11.1 Å². The van der Waals surface area contributed by atoms with E-state index in [1.54, 1.807) is 34.2 Å². The van der Waals surface area contributed by atoms with Crippen molar-refractivity contribution in [3.05, 3.63) is 116 Å². The maximum Gasteiger partial charge on any atom is 0.275 e. The lowest BCUT2D eigenvalue weighted by atomic mass is 10.1. The molecule has 0 aliphatic carbocycles. The quantitative estimate of drug-likeness (QED) is 0.194. The van der Waals surface area contributed by atoms with Gasteiger partial charge in [0.2, 0.25) is 0 Å². The summed E-state index contributed by atoms with van der Waals surface area (Å²) in [5, 5.41) is 4.98. The molecule has 10 nitrogen and oxygen atoms in total. The molecule has 0 amide bonds. The van der Waals surface area contributed by atoms with Crippen molar-refractivity contribution in [2.45, 2.75) is 13.3 Å². The minimum Gasteiger partial charge on any atom is -0.387 e. The Hall–Kier alpha value is -4.98. The summed E-state index contributed by atoms with van der Waals surface area (Å²) in [6, 6.07) is 19.4. The molecule has 6 heterocycles. The maximum absolute atomic E-state index is 13.0. The smallest absolute Gasteiger partial charge is 0.275 e. The fourth-order valence-electron chi connectivity index (χ4n) is 5.56. The van der Waals surface area contributed by atoms with Gasteiger partial charge in [-0.15, -0.1) is 22.7 Å². The zero-order valence-corrected chi connectivity index (χ0v) is 29.7. The second kappa shape index (κ2) is 12.9. The summed E-state index contributed by atoms with van der Waals surface area (Å²) in [5.41, 5.74) is 6.07. The molecule has 8 aromatic rings. The summed E-state index contributed by atoms with van der Waals surface area (Å²) in [5.74, 6) is 0. The number of nitrogens with one attached hydrogen (secondary N) is 1. The van der Waals surface area contributed by atoms with Crippen LogP contribution in [0, 0.1) is 0 Å². The Kier molecular flexibility index (Phi) is 8.50. The van der Waals surface area contributed by atoms with E-state index in [9.17, 15) is 9.59 Å². The van der Waals surface area contributed by atoms with E-state index in [2.05, 4.69) is 48.1 Å². The fraction of sp³-hybridized carbons (Fsp3) is 0.143. The number of hydrogen-bond donors (Lipinski definition) is 1. The van der Waals surface area contributed by atoms with Crippen molar-refractivity contribution >= 4 is 90.8 Å². The lowest BCUT2D eigenvalue weighted by Gasteiger charge is -2.13. The zero-order chi connectivity index (χ0) is 33.5. The third-order valence-corrected chi connectivity index (χ3v) is 10.6. The van der Waals surface area contributed by atoms with Crippen LogP contribution in [-0.4, -0.2) is 50.2 Å². The van der Waals surface area contributed by atoms with Gasteiger partial charge in [-0.05, 0) is 54.4 Å². The summed E-state index contributed by atoms with van der Waals surface area (Å²) in [4.78, 5) is 47.5. The average Bonchev–Trinajstić information content (AvgIpc) is 3.69. The third-order valence-electron chi connectivity index (χ3n) is 8.00. The van der Waals surface area contributed by atoms with Crippen molar-refractivity contribution in [2.24, 2.45) is 0 Å². The van der Waals surface area contributed by atoms with E-state index in [0.29, 0.717) is 20.4 Å². The van der Waals surface area contributed by atoms with Crippen LogP contribution in [0.4, 0.5) is 11.4 Å². The minimum atomic E-state index is -0.0780. The normalized spacial score (nSPS) is 11.3. The highest BCUT2D eigenvalue weighted by Crippen LogP contribution is 2.36. The number of rotatable bonds is 5. The van der Waals surface area contributed by atoms with Gasteiger partial charge in [0.05, 0.1) is 38.9 Å². The molecule has 6 aromatic heterocycles. The number of hydrogen-bond acceptors (Lipinski definition) is 10. The molecule has 0 spiro atoms. The molecule has 13 heteroatoms. The van der Waals surface area contributed by atoms with E-state index >= 15 is 0 Å². The summed E-state index contributed by atoms with van der Waals surface area (Å²) in [6.07, 6.45) is 7.67. The number of anilines is 2. The van der Waals surface area contributed by atoms with Crippen LogP contribution in [0.15, 0.2) is 99.8 Å². The lowest BCUT2D eigenvalue weighted by molar-refractivity contribution is 0.964. The SMILES string of the molecule is CCc1ccc(-n2cnc3c(sc4nccc(NC)c43)c2=O)cc1.CN(C)c1ccnc2sc3c(=O)n(-c4cccc(Br)c4)cnc3c12. The maximum atomic E-state index is 13.0. The summed E-state index contributed by atoms with van der Waals surface area (Å²) in [6.45, 7) is 2.11. The molecule has 0 fully saturated rings. The van der Waals surface area contributed by atoms with Gasteiger partial charge < -0.3 is 10.2 Å². The van der Waals surface area contributed by atoms with Crippen LogP contribution >= 0.6 is 38.6 Å². The van der Waals surface area contributed by atoms with Crippen molar-refractivity contribution in [2.75, 3.05) is 31.4 Å². The second-order valence-electron chi connectivity index (χ2n) is 11.1. The van der Waals surface area contributed by atoms with Crippen LogP contribution in [0.3, 0.4) is 0 Å². The summed E-state index contributed by atoms with van der Waals surface area (Å²) < 4.78 is 5.32. The number of nitrogens with zero attached hydrogens (tertiary/aromatic N) is 7. The van der Waals surface area contributed by atoms with Gasteiger partial charge in [-0.1, -0.05) is 41.1 Å². The highest BCUT2D eigenvalue weighted by molar-refractivity contribution is 9.10. The predicted molar refractivity (Wildman–Crippen MR) is 202 cm³/mol. The highest BCUT2D eigenvalue weighted by atomic mass is 79.9. The van der Waals surface area contributed by atoms with Crippen molar-refractivity contribution < 1.29 is 0 Å². The first-order valence-electron chi connectivity index (χ1n) is 15.1. The predicted octanol–water partition coefficient (Wildman–Crippen LogP) is 7.42. The Labute approximate surface area is 291 Å². The zero-order valence-electron chi connectivity index (χ0n) is 26.4. The van der Waals surface area contributed by atoms with Gasteiger partial charge in [0.1, 0.15) is 31.7 Å². The molecule has 0 aliphatic rings. The number of benzene rings is 2. The minimum absolute atomic E-state index is 0.0608. The Balaban J connectivity index is 0.000000152. The van der Waals surface area contributed by atoms with Crippen LogP contribution in [0.25, 0.3) is 52.2 Å². The van der Waals surface area contributed by atoms with Gasteiger partial charge in [0.15, 0.2) is 0 Å². The first kappa shape index (κ1) is 31.6. The Morgan fingerprint density at radius 3 is 1.98 bits per heavy atom. The van der Waals surface area contributed by atoms with Gasteiger partial charge >= 0.3 is 0 Å². The van der Waals surface area contributed by atoms with E-state index in [0.717, 1.165) is 54.1 Å². The van der Waals surface area contributed by atoms with Crippen LogP contribution in [0.2, 0.25) is 0 Å². The average molecular weight is 738 g/mol. The molecule has 0 bridgehead atoms. The monoisotopic (exact) mass is 736 g/mol. The molecule has 240 valence electrons. The molecule has 0 atom stereocenters. The van der Waals surface area contributed by atoms with E-state index < -0.39 is 0 Å². The van der Waals surface area contributed by atoms with Crippen LogP contribution in [0.1, 0.15) is 12.5 Å². The molecule has 0 saturated carbocycles. The highest BCUT2D eigenvalue weighted by Gasteiger charge is 2.18. The molecule has 1 N–H and O–H groups in total. The number of thiophene rings is 2. The second-order valence-corrected chi connectivity index (χ2v) is 14.0. The van der Waals surface area contributed by atoms with Crippen molar-refractivity contribution in [3.63, 3.8) is 0 Å². The number of pyridine rings is 2.